The highest BCUT2D eigenvalue weighted by atomic mass is 16.5. The van der Waals surface area contributed by atoms with Gasteiger partial charge in [-0.15, -0.1) is 0 Å². The third-order valence-electron chi connectivity index (χ3n) is 16.7. The Morgan fingerprint density at radius 1 is 0.189 bits per heavy atom. The molecule has 0 aliphatic rings. The van der Waals surface area contributed by atoms with Gasteiger partial charge in [-0.2, -0.15) is 0 Å². The molecule has 0 fully saturated rings. The third-order valence-corrected chi connectivity index (χ3v) is 16.7. The average molecular weight is 1250 g/mol. The second-order valence-electron chi connectivity index (χ2n) is 27.0. The van der Waals surface area contributed by atoms with Crippen LogP contribution in [0.4, 0.5) is 0 Å². The van der Waals surface area contributed by atoms with E-state index in [0.29, 0.717) is 0 Å². The number of benzene rings is 12. The van der Waals surface area contributed by atoms with Crippen molar-refractivity contribution in [3.8, 4) is 33.8 Å². The van der Waals surface area contributed by atoms with Crippen molar-refractivity contribution < 1.29 is 4.74 Å². The van der Waals surface area contributed by atoms with Crippen LogP contribution in [0.25, 0.3) is 22.3 Å². The van der Waals surface area contributed by atoms with E-state index < -0.39 is 0 Å². The second kappa shape index (κ2) is 35.6. The molecule has 12 aromatic rings. The van der Waals surface area contributed by atoms with Crippen molar-refractivity contribution in [1.82, 2.24) is 0 Å². The minimum Gasteiger partial charge on any atom is -0.457 e. The summed E-state index contributed by atoms with van der Waals surface area (Å²) in [5, 5.41) is 0. The highest BCUT2D eigenvalue weighted by Crippen LogP contribution is 2.30. The minimum absolute atomic E-state index is 0.895. The van der Waals surface area contributed by atoms with Crippen LogP contribution in [-0.4, -0.2) is 0 Å². The molecule has 0 aliphatic heterocycles. The van der Waals surface area contributed by atoms with E-state index in [2.05, 4.69) is 356 Å². The molecule has 486 valence electrons. The molecule has 0 aromatic heterocycles. The molecule has 1 nitrogen and oxygen atoms in total. The van der Waals surface area contributed by atoms with Crippen LogP contribution in [-0.2, 0) is 19.3 Å². The highest BCUT2D eigenvalue weighted by Gasteiger charge is 2.08. The fourth-order valence-corrected chi connectivity index (χ4v) is 12.4. The fourth-order valence-electron chi connectivity index (χ4n) is 12.4. The van der Waals surface area contributed by atoms with Crippen molar-refractivity contribution in [1.29, 1.82) is 0 Å². The van der Waals surface area contributed by atoms with Crippen LogP contribution >= 0.6 is 0 Å². The lowest BCUT2D eigenvalue weighted by molar-refractivity contribution is 0.478. The summed E-state index contributed by atoms with van der Waals surface area (Å²) in [6, 6.07) is 89.5. The molecule has 0 bridgehead atoms. The number of rotatable bonds is 10. The molecule has 0 saturated heterocycles. The Balaban J connectivity index is 0.000000161. The maximum Gasteiger partial charge on any atom is 0.130 e. The number of ether oxygens (including phenoxy) is 1. The standard InChI is InChI=1S/4C16H18.C15H16O.C15H16/c1-11-5-7-15(13(3)9-11)16-8-6-12(2)10-14(16)4;1-12-4-6-15(7-5-12)11-16-9-13(2)8-14(3)10-16;2*1-12-5-4-6-15(8-12)11-16-9-13(2)7-14(3)10-16;1-11-5-4-6-14(10-11)16-15-8-7-12(2)9-13(15)3;1-11-4-7-14(8-5-11)15-9-6-12(2)10-13(15)3/h5-10H,1-4H3;3*4-10H,11H2,1-3H3;4-10H,1-3H3;4-10H,1-3H3. The van der Waals surface area contributed by atoms with Gasteiger partial charge in [-0.1, -0.05) is 308 Å². The van der Waals surface area contributed by atoms with Crippen LogP contribution in [0, 0.1) is 132 Å². The zero-order chi connectivity index (χ0) is 68.7. The third kappa shape index (κ3) is 24.7. The minimum atomic E-state index is 0.895. The van der Waals surface area contributed by atoms with Crippen LogP contribution in [0.2, 0.25) is 0 Å². The second-order valence-corrected chi connectivity index (χ2v) is 27.0. The van der Waals surface area contributed by atoms with Crippen molar-refractivity contribution in [2.24, 2.45) is 0 Å². The van der Waals surface area contributed by atoms with Gasteiger partial charge in [0.05, 0.1) is 0 Å². The van der Waals surface area contributed by atoms with E-state index in [1.807, 2.05) is 24.3 Å². The lowest BCUT2D eigenvalue weighted by Gasteiger charge is -2.10. The normalized spacial score (nSPS) is 10.4. The van der Waals surface area contributed by atoms with Gasteiger partial charge in [0.1, 0.15) is 11.5 Å². The predicted molar refractivity (Wildman–Crippen MR) is 414 cm³/mol. The van der Waals surface area contributed by atoms with E-state index in [1.165, 1.54) is 161 Å². The predicted octanol–water partition coefficient (Wildman–Crippen LogP) is 25.9. The lowest BCUT2D eigenvalue weighted by Crippen LogP contribution is -1.90. The Labute approximate surface area is 573 Å². The molecule has 0 spiro atoms. The van der Waals surface area contributed by atoms with E-state index in [4.69, 9.17) is 4.74 Å². The quantitative estimate of drug-likeness (QED) is 0.133. The van der Waals surface area contributed by atoms with E-state index in [9.17, 15) is 0 Å². The van der Waals surface area contributed by atoms with Crippen LogP contribution in [0.1, 0.15) is 139 Å². The lowest BCUT2D eigenvalue weighted by atomic mass is 9.94. The average Bonchev–Trinajstić information content (AvgIpc) is 0.872. The van der Waals surface area contributed by atoms with E-state index >= 15 is 0 Å². The molecule has 1 heteroatoms. The van der Waals surface area contributed by atoms with Crippen LogP contribution < -0.4 is 4.74 Å². The molecule has 12 aromatic carbocycles. The Morgan fingerprint density at radius 3 is 0.842 bits per heavy atom. The molecule has 0 heterocycles. The van der Waals surface area contributed by atoms with Gasteiger partial charge in [0, 0.05) is 0 Å². The molecular formula is C94H104O. The molecule has 0 aliphatic carbocycles. The molecule has 0 atom stereocenters. The van der Waals surface area contributed by atoms with Crippen LogP contribution in [0.15, 0.2) is 249 Å². The Bertz CT molecular complexity index is 4230. The van der Waals surface area contributed by atoms with Crippen LogP contribution in [0.3, 0.4) is 0 Å². The molecule has 0 N–H and O–H groups in total. The van der Waals surface area contributed by atoms with Gasteiger partial charge in [-0.25, -0.2) is 0 Å². The zero-order valence-electron chi connectivity index (χ0n) is 60.7. The van der Waals surface area contributed by atoms with Crippen molar-refractivity contribution in [2.75, 3.05) is 0 Å². The van der Waals surface area contributed by atoms with Gasteiger partial charge in [-0.3, -0.25) is 0 Å². The Hall–Kier alpha value is -9.56. The maximum atomic E-state index is 5.84. The van der Waals surface area contributed by atoms with E-state index in [-0.39, 0.29) is 0 Å². The smallest absolute Gasteiger partial charge is 0.130 e. The Kier molecular flexibility index (Phi) is 27.3. The summed E-state index contributed by atoms with van der Waals surface area (Å²) in [4.78, 5) is 0. The first kappa shape index (κ1) is 72.9. The molecule has 0 saturated carbocycles. The molecule has 0 unspecified atom stereocenters. The summed E-state index contributed by atoms with van der Waals surface area (Å²) < 4.78 is 5.84. The largest absolute Gasteiger partial charge is 0.457 e. The molecule has 12 rings (SSSR count). The van der Waals surface area contributed by atoms with Gasteiger partial charge >= 0.3 is 0 Å². The van der Waals surface area contributed by atoms with E-state index in [1.54, 1.807) is 0 Å². The summed E-state index contributed by atoms with van der Waals surface area (Å²) in [5.41, 5.74) is 38.8. The number of hydrogen-bond acceptors (Lipinski definition) is 1. The summed E-state index contributed by atoms with van der Waals surface area (Å²) >= 11 is 0. The number of hydrogen-bond donors (Lipinski definition) is 0. The van der Waals surface area contributed by atoms with Crippen molar-refractivity contribution in [2.45, 2.75) is 151 Å². The SMILES string of the molecule is Cc1ccc(-c2ccc(C)cc2C)c(C)c1.Cc1ccc(-c2ccc(C)cc2C)cc1.Cc1ccc(Cc2cc(C)cc(C)c2)cc1.Cc1cccc(Cc2cc(C)cc(C)c2)c1.Cc1cccc(Cc2cc(C)cc(C)c2)c1.Cc1cccc(Oc2ccc(C)cc2C)c1. The van der Waals surface area contributed by atoms with Gasteiger partial charge in [0.25, 0.3) is 0 Å². The summed E-state index contributed by atoms with van der Waals surface area (Å²) in [6.07, 6.45) is 3.09. The van der Waals surface area contributed by atoms with Crippen molar-refractivity contribution in [3.05, 3.63) is 388 Å². The first-order valence-electron chi connectivity index (χ1n) is 33.8. The van der Waals surface area contributed by atoms with Gasteiger partial charge < -0.3 is 4.74 Å². The maximum absolute atomic E-state index is 5.84. The highest BCUT2D eigenvalue weighted by molar-refractivity contribution is 5.71. The summed E-state index contributed by atoms with van der Waals surface area (Å²) in [5.74, 6) is 1.82. The van der Waals surface area contributed by atoms with Crippen molar-refractivity contribution in [3.63, 3.8) is 0 Å². The summed E-state index contributed by atoms with van der Waals surface area (Å²) in [7, 11) is 0. The topological polar surface area (TPSA) is 9.23 Å². The summed E-state index contributed by atoms with van der Waals surface area (Å²) in [6.45, 7) is 40.6. The van der Waals surface area contributed by atoms with Crippen LogP contribution in [0.5, 0.6) is 11.5 Å². The molecule has 0 amide bonds. The van der Waals surface area contributed by atoms with Gasteiger partial charge in [-0.05, 0) is 252 Å². The number of aryl methyl sites for hydroxylation is 19. The van der Waals surface area contributed by atoms with Gasteiger partial charge in [0.15, 0.2) is 0 Å². The first-order chi connectivity index (χ1) is 45.3. The fraction of sp³-hybridized carbons (Fsp3) is 0.234. The monoisotopic (exact) mass is 1250 g/mol. The molecular weight excluding hydrogens is 1150 g/mol. The zero-order valence-corrected chi connectivity index (χ0v) is 60.7. The molecule has 0 radical (unpaired) electrons. The van der Waals surface area contributed by atoms with Crippen molar-refractivity contribution >= 4 is 0 Å². The first-order valence-corrected chi connectivity index (χ1v) is 33.8. The Morgan fingerprint density at radius 2 is 0.484 bits per heavy atom. The van der Waals surface area contributed by atoms with Gasteiger partial charge in [0.2, 0.25) is 0 Å². The van der Waals surface area contributed by atoms with E-state index in [0.717, 1.165) is 30.8 Å². The molecule has 95 heavy (non-hydrogen) atoms.